The average Bonchev–Trinajstić information content (AvgIpc) is 2.27. The van der Waals surface area contributed by atoms with Gasteiger partial charge in [0.05, 0.1) is 0 Å². The SMILES string of the molecule is C=C(CCCC)CC1=CC(C)NC=C1CC. The minimum Gasteiger partial charge on any atom is -0.385 e. The Morgan fingerprint density at radius 1 is 1.38 bits per heavy atom. The van der Waals surface area contributed by atoms with Crippen LogP contribution in [0.25, 0.3) is 0 Å². The fraction of sp³-hybridized carbons (Fsp3) is 0.600. The van der Waals surface area contributed by atoms with Gasteiger partial charge in [-0.25, -0.2) is 0 Å². The molecule has 1 N–H and O–H groups in total. The quantitative estimate of drug-likeness (QED) is 0.655. The minimum absolute atomic E-state index is 0.462. The highest BCUT2D eigenvalue weighted by Crippen LogP contribution is 2.25. The Kier molecular flexibility index (Phi) is 5.37. The van der Waals surface area contributed by atoms with E-state index in [-0.39, 0.29) is 0 Å². The van der Waals surface area contributed by atoms with E-state index in [1.807, 2.05) is 0 Å². The van der Waals surface area contributed by atoms with Crippen LogP contribution in [0.2, 0.25) is 0 Å². The van der Waals surface area contributed by atoms with E-state index in [9.17, 15) is 0 Å². The average molecular weight is 219 g/mol. The molecule has 0 radical (unpaired) electrons. The van der Waals surface area contributed by atoms with Crippen molar-refractivity contribution in [2.24, 2.45) is 0 Å². The molecule has 0 saturated heterocycles. The van der Waals surface area contributed by atoms with E-state index in [4.69, 9.17) is 0 Å². The van der Waals surface area contributed by atoms with Gasteiger partial charge in [-0.3, -0.25) is 0 Å². The van der Waals surface area contributed by atoms with Crippen LogP contribution in [0, 0.1) is 0 Å². The van der Waals surface area contributed by atoms with Crippen LogP contribution in [-0.2, 0) is 0 Å². The van der Waals surface area contributed by atoms with Gasteiger partial charge in [0.15, 0.2) is 0 Å². The molecule has 0 saturated carbocycles. The molecule has 1 aliphatic heterocycles. The molecular weight excluding hydrogens is 194 g/mol. The number of hydrogen-bond donors (Lipinski definition) is 1. The lowest BCUT2D eigenvalue weighted by atomic mass is 9.92. The molecule has 0 spiro atoms. The molecule has 1 heteroatoms. The maximum Gasteiger partial charge on any atom is 0.0416 e. The monoisotopic (exact) mass is 219 g/mol. The van der Waals surface area contributed by atoms with Crippen LogP contribution in [0.3, 0.4) is 0 Å². The van der Waals surface area contributed by atoms with Gasteiger partial charge in [-0.1, -0.05) is 38.5 Å². The summed E-state index contributed by atoms with van der Waals surface area (Å²) in [7, 11) is 0. The first-order chi connectivity index (χ1) is 7.67. The Bertz CT molecular complexity index is 297. The van der Waals surface area contributed by atoms with Crippen molar-refractivity contribution in [3.8, 4) is 0 Å². The van der Waals surface area contributed by atoms with Crippen LogP contribution in [0.5, 0.6) is 0 Å². The molecule has 1 heterocycles. The van der Waals surface area contributed by atoms with Gasteiger partial charge in [0, 0.05) is 12.2 Å². The van der Waals surface area contributed by atoms with Crippen LogP contribution in [0.4, 0.5) is 0 Å². The Morgan fingerprint density at radius 2 is 2.12 bits per heavy atom. The first kappa shape index (κ1) is 13.1. The highest BCUT2D eigenvalue weighted by Gasteiger charge is 2.11. The predicted molar refractivity (Wildman–Crippen MR) is 72.3 cm³/mol. The van der Waals surface area contributed by atoms with Crippen molar-refractivity contribution in [2.75, 3.05) is 0 Å². The summed E-state index contributed by atoms with van der Waals surface area (Å²) in [5.41, 5.74) is 4.30. The molecule has 0 aromatic carbocycles. The van der Waals surface area contributed by atoms with Crippen molar-refractivity contribution in [3.63, 3.8) is 0 Å². The normalized spacial score (nSPS) is 19.8. The molecular formula is C15H25N. The summed E-state index contributed by atoms with van der Waals surface area (Å²) in [5, 5.41) is 3.36. The van der Waals surface area contributed by atoms with Gasteiger partial charge in [0.25, 0.3) is 0 Å². The molecule has 1 rings (SSSR count). The number of hydrogen-bond acceptors (Lipinski definition) is 1. The molecule has 1 atom stereocenters. The summed E-state index contributed by atoms with van der Waals surface area (Å²) in [6, 6.07) is 0.462. The van der Waals surface area contributed by atoms with E-state index in [0.717, 1.165) is 12.8 Å². The number of unbranched alkanes of at least 4 members (excludes halogenated alkanes) is 1. The van der Waals surface area contributed by atoms with Crippen LogP contribution >= 0.6 is 0 Å². The van der Waals surface area contributed by atoms with E-state index < -0.39 is 0 Å². The topological polar surface area (TPSA) is 12.0 Å². The maximum absolute atomic E-state index is 4.19. The third-order valence-electron chi connectivity index (χ3n) is 3.09. The smallest absolute Gasteiger partial charge is 0.0416 e. The highest BCUT2D eigenvalue weighted by atomic mass is 14.9. The van der Waals surface area contributed by atoms with Crippen molar-refractivity contribution < 1.29 is 0 Å². The van der Waals surface area contributed by atoms with E-state index in [2.05, 4.69) is 44.9 Å². The molecule has 0 aromatic rings. The first-order valence-electron chi connectivity index (χ1n) is 6.50. The summed E-state index contributed by atoms with van der Waals surface area (Å²) in [5.74, 6) is 0. The molecule has 0 amide bonds. The van der Waals surface area contributed by atoms with Gasteiger partial charge < -0.3 is 5.32 Å². The Hall–Kier alpha value is -0.980. The number of nitrogens with one attached hydrogen (secondary N) is 1. The van der Waals surface area contributed by atoms with Crippen molar-refractivity contribution in [2.45, 2.75) is 58.9 Å². The van der Waals surface area contributed by atoms with Gasteiger partial charge in [0.2, 0.25) is 0 Å². The second-order valence-corrected chi connectivity index (χ2v) is 4.70. The Labute approximate surface area is 100 Å². The molecule has 1 nitrogen and oxygen atoms in total. The predicted octanol–water partition coefficient (Wildman–Crippen LogP) is 4.33. The number of allylic oxidation sites excluding steroid dienone is 3. The van der Waals surface area contributed by atoms with Crippen LogP contribution in [0.15, 0.2) is 35.6 Å². The van der Waals surface area contributed by atoms with Gasteiger partial charge in [0.1, 0.15) is 0 Å². The third kappa shape index (κ3) is 3.88. The molecule has 0 aliphatic carbocycles. The minimum atomic E-state index is 0.462. The summed E-state index contributed by atoms with van der Waals surface area (Å²) in [4.78, 5) is 0. The van der Waals surface area contributed by atoms with E-state index in [0.29, 0.717) is 6.04 Å². The Morgan fingerprint density at radius 3 is 2.75 bits per heavy atom. The van der Waals surface area contributed by atoms with Gasteiger partial charge in [-0.05, 0) is 43.8 Å². The summed E-state index contributed by atoms with van der Waals surface area (Å²) >= 11 is 0. The Balaban J connectivity index is 2.56. The summed E-state index contributed by atoms with van der Waals surface area (Å²) < 4.78 is 0. The first-order valence-corrected chi connectivity index (χ1v) is 6.50. The zero-order chi connectivity index (χ0) is 12.0. The molecule has 0 fully saturated rings. The molecule has 16 heavy (non-hydrogen) atoms. The van der Waals surface area contributed by atoms with Gasteiger partial charge in [-0.15, -0.1) is 0 Å². The second kappa shape index (κ2) is 6.57. The molecule has 0 bridgehead atoms. The van der Waals surface area contributed by atoms with Gasteiger partial charge in [-0.2, -0.15) is 0 Å². The van der Waals surface area contributed by atoms with Crippen molar-refractivity contribution in [3.05, 3.63) is 35.6 Å². The van der Waals surface area contributed by atoms with Crippen molar-refractivity contribution in [1.29, 1.82) is 0 Å². The van der Waals surface area contributed by atoms with Crippen molar-refractivity contribution in [1.82, 2.24) is 5.32 Å². The summed E-state index contributed by atoms with van der Waals surface area (Å²) in [6.07, 6.45) is 10.4. The fourth-order valence-electron chi connectivity index (χ4n) is 2.07. The van der Waals surface area contributed by atoms with Crippen LogP contribution < -0.4 is 5.32 Å². The molecule has 90 valence electrons. The third-order valence-corrected chi connectivity index (χ3v) is 3.09. The molecule has 1 aliphatic rings. The lowest BCUT2D eigenvalue weighted by Gasteiger charge is -2.21. The fourth-order valence-corrected chi connectivity index (χ4v) is 2.07. The maximum atomic E-state index is 4.19. The molecule has 0 aromatic heterocycles. The zero-order valence-corrected chi connectivity index (χ0v) is 11.0. The van der Waals surface area contributed by atoms with Gasteiger partial charge >= 0.3 is 0 Å². The van der Waals surface area contributed by atoms with E-state index >= 15 is 0 Å². The van der Waals surface area contributed by atoms with Crippen LogP contribution in [-0.4, -0.2) is 6.04 Å². The summed E-state index contributed by atoms with van der Waals surface area (Å²) in [6.45, 7) is 10.8. The largest absolute Gasteiger partial charge is 0.385 e. The number of rotatable bonds is 6. The molecule has 1 unspecified atom stereocenters. The van der Waals surface area contributed by atoms with E-state index in [1.165, 1.54) is 36.0 Å². The standard InChI is InChI=1S/C15H25N/c1-5-7-8-12(3)9-15-10-13(4)16-11-14(15)6-2/h10-11,13,16H,3,5-9H2,1-2,4H3. The highest BCUT2D eigenvalue weighted by molar-refractivity contribution is 5.37. The van der Waals surface area contributed by atoms with E-state index in [1.54, 1.807) is 0 Å². The number of dihydropyridines is 1. The zero-order valence-electron chi connectivity index (χ0n) is 11.0. The lowest BCUT2D eigenvalue weighted by molar-refractivity contribution is 0.722. The van der Waals surface area contributed by atoms with Crippen molar-refractivity contribution >= 4 is 0 Å². The second-order valence-electron chi connectivity index (χ2n) is 4.70. The van der Waals surface area contributed by atoms with Crippen LogP contribution in [0.1, 0.15) is 52.9 Å². The lowest BCUT2D eigenvalue weighted by Crippen LogP contribution is -2.23.